The molecule has 0 bridgehead atoms. The van der Waals surface area contributed by atoms with Crippen molar-refractivity contribution in [2.24, 2.45) is 0 Å². The van der Waals surface area contributed by atoms with Crippen LogP contribution in [-0.2, 0) is 23.0 Å². The maximum absolute atomic E-state index is 13.3. The van der Waals surface area contributed by atoms with E-state index in [0.29, 0.717) is 24.2 Å². The Morgan fingerprint density at radius 2 is 1.68 bits per heavy atom. The average Bonchev–Trinajstić information content (AvgIpc) is 3.30. The Labute approximate surface area is 184 Å². The molecule has 2 aromatic carbocycles. The highest BCUT2D eigenvalue weighted by Crippen LogP contribution is 2.30. The van der Waals surface area contributed by atoms with Gasteiger partial charge in [0.05, 0.1) is 0 Å². The fraction of sp³-hybridized carbons (Fsp3) is 0.182. The summed E-state index contributed by atoms with van der Waals surface area (Å²) in [6, 6.07) is 15.7. The summed E-state index contributed by atoms with van der Waals surface area (Å²) >= 11 is 1.08. The second-order valence-electron chi connectivity index (χ2n) is 7.08. The van der Waals surface area contributed by atoms with Gasteiger partial charge in [-0.15, -0.1) is 11.3 Å². The van der Waals surface area contributed by atoms with Crippen LogP contribution in [0.15, 0.2) is 64.9 Å². The molecular weight excluding hydrogens is 434 g/mol. The van der Waals surface area contributed by atoms with E-state index >= 15 is 0 Å². The molecule has 160 valence electrons. The van der Waals surface area contributed by atoms with Gasteiger partial charge in [0, 0.05) is 31.4 Å². The molecule has 0 atom stereocenters. The molecule has 2 heterocycles. The van der Waals surface area contributed by atoms with E-state index in [0.717, 1.165) is 22.5 Å². The molecule has 1 aliphatic heterocycles. The molecule has 2 N–H and O–H groups in total. The fourth-order valence-electron chi connectivity index (χ4n) is 3.52. The maximum Gasteiger partial charge on any atom is 0.267 e. The quantitative estimate of drug-likeness (QED) is 0.618. The summed E-state index contributed by atoms with van der Waals surface area (Å²) < 4.78 is 28.0. The Hall–Kier alpha value is -3.01. The lowest BCUT2D eigenvalue weighted by atomic mass is 10.0. The lowest BCUT2D eigenvalue weighted by Crippen LogP contribution is -2.36. The Kier molecular flexibility index (Phi) is 5.90. The molecule has 1 aliphatic rings. The molecule has 3 aromatic rings. The first-order valence-corrected chi connectivity index (χ1v) is 12.0. The largest absolute Gasteiger partial charge is 0.355 e. The molecule has 0 saturated carbocycles. The van der Waals surface area contributed by atoms with Crippen LogP contribution in [0.3, 0.4) is 0 Å². The zero-order chi connectivity index (χ0) is 22.0. The first kappa shape index (κ1) is 21.2. The van der Waals surface area contributed by atoms with Crippen molar-refractivity contribution < 1.29 is 18.0 Å². The van der Waals surface area contributed by atoms with Gasteiger partial charge in [-0.25, -0.2) is 8.42 Å². The third kappa shape index (κ3) is 4.25. The fourth-order valence-corrected chi connectivity index (χ4v) is 6.23. The lowest BCUT2D eigenvalue weighted by Gasteiger charge is -2.28. The minimum Gasteiger partial charge on any atom is -0.355 e. The number of carbonyl (C=O) groups is 2. The van der Waals surface area contributed by atoms with Crippen molar-refractivity contribution in [2.75, 3.05) is 18.9 Å². The van der Waals surface area contributed by atoms with Crippen LogP contribution < -0.4 is 10.6 Å². The van der Waals surface area contributed by atoms with E-state index in [4.69, 9.17) is 0 Å². The number of thiophene rings is 1. The number of carbonyl (C=O) groups excluding carboxylic acids is 2. The number of hydrogen-bond donors (Lipinski definition) is 2. The number of nitrogens with zero attached hydrogens (tertiary/aromatic N) is 1. The summed E-state index contributed by atoms with van der Waals surface area (Å²) in [5, 5.41) is 6.85. The van der Waals surface area contributed by atoms with Crippen LogP contribution >= 0.6 is 11.3 Å². The predicted molar refractivity (Wildman–Crippen MR) is 120 cm³/mol. The van der Waals surface area contributed by atoms with Gasteiger partial charge in [0.2, 0.25) is 10.0 Å². The van der Waals surface area contributed by atoms with Crippen molar-refractivity contribution in [1.29, 1.82) is 0 Å². The third-order valence-electron chi connectivity index (χ3n) is 5.18. The number of amides is 2. The van der Waals surface area contributed by atoms with Gasteiger partial charge in [-0.2, -0.15) is 4.31 Å². The number of fused-ring (bicyclic) bond motifs is 1. The average molecular weight is 456 g/mol. The molecule has 2 amide bonds. The third-order valence-corrected chi connectivity index (χ3v) is 8.11. The Morgan fingerprint density at radius 3 is 2.39 bits per heavy atom. The number of rotatable bonds is 5. The summed E-state index contributed by atoms with van der Waals surface area (Å²) in [4.78, 5) is 24.6. The Bertz CT molecular complexity index is 1230. The van der Waals surface area contributed by atoms with Gasteiger partial charge in [-0.1, -0.05) is 24.3 Å². The zero-order valence-electron chi connectivity index (χ0n) is 16.8. The standard InChI is InChI=1S/C22H21N3O4S2/c1-23-21(26)16-6-8-18(9-7-16)24-22(27)20-19(11-13-30-20)31(28,29)25-12-10-15-4-2-3-5-17(15)14-25/h2-9,11,13H,10,12,14H2,1H3,(H,23,26)(H,24,27). The molecule has 0 saturated heterocycles. The van der Waals surface area contributed by atoms with E-state index < -0.39 is 15.9 Å². The van der Waals surface area contributed by atoms with Crippen LogP contribution in [-0.4, -0.2) is 38.1 Å². The van der Waals surface area contributed by atoms with Crippen molar-refractivity contribution >= 4 is 38.9 Å². The van der Waals surface area contributed by atoms with E-state index in [2.05, 4.69) is 10.6 Å². The van der Waals surface area contributed by atoms with Gasteiger partial charge >= 0.3 is 0 Å². The molecule has 0 aliphatic carbocycles. The van der Waals surface area contributed by atoms with Gasteiger partial charge in [0.1, 0.15) is 9.77 Å². The van der Waals surface area contributed by atoms with Crippen molar-refractivity contribution in [1.82, 2.24) is 9.62 Å². The van der Waals surface area contributed by atoms with E-state index in [-0.39, 0.29) is 22.2 Å². The van der Waals surface area contributed by atoms with E-state index in [1.807, 2.05) is 24.3 Å². The van der Waals surface area contributed by atoms with Crippen LogP contribution in [0.1, 0.15) is 31.2 Å². The van der Waals surface area contributed by atoms with E-state index in [1.54, 1.807) is 29.6 Å². The second-order valence-corrected chi connectivity index (χ2v) is 9.90. The molecular formula is C22H21N3O4S2. The first-order chi connectivity index (χ1) is 14.9. The molecule has 7 nitrogen and oxygen atoms in total. The summed E-state index contributed by atoms with van der Waals surface area (Å²) in [6.45, 7) is 0.660. The van der Waals surface area contributed by atoms with Gasteiger partial charge in [0.25, 0.3) is 11.8 Å². The smallest absolute Gasteiger partial charge is 0.267 e. The van der Waals surface area contributed by atoms with Crippen LogP contribution in [0, 0.1) is 0 Å². The SMILES string of the molecule is CNC(=O)c1ccc(NC(=O)c2sccc2S(=O)(=O)N2CCc3ccccc3C2)cc1. The number of benzene rings is 2. The van der Waals surface area contributed by atoms with Crippen molar-refractivity contribution in [3.63, 3.8) is 0 Å². The highest BCUT2D eigenvalue weighted by Gasteiger charge is 2.32. The number of anilines is 1. The normalized spacial score (nSPS) is 14.0. The van der Waals surface area contributed by atoms with Gasteiger partial charge in [-0.3, -0.25) is 9.59 Å². The van der Waals surface area contributed by atoms with Gasteiger partial charge in [-0.05, 0) is 53.3 Å². The monoisotopic (exact) mass is 455 g/mol. The van der Waals surface area contributed by atoms with Crippen LogP contribution in [0.4, 0.5) is 5.69 Å². The first-order valence-electron chi connectivity index (χ1n) is 9.68. The summed E-state index contributed by atoms with van der Waals surface area (Å²) in [5.74, 6) is -0.730. The van der Waals surface area contributed by atoms with Crippen molar-refractivity contribution in [2.45, 2.75) is 17.9 Å². The highest BCUT2D eigenvalue weighted by molar-refractivity contribution is 7.89. The molecule has 0 spiro atoms. The summed E-state index contributed by atoms with van der Waals surface area (Å²) in [5.41, 5.74) is 3.07. The Morgan fingerprint density at radius 1 is 0.968 bits per heavy atom. The lowest BCUT2D eigenvalue weighted by molar-refractivity contribution is 0.0962. The molecule has 0 radical (unpaired) electrons. The molecule has 31 heavy (non-hydrogen) atoms. The predicted octanol–water partition coefficient (Wildman–Crippen LogP) is 3.11. The highest BCUT2D eigenvalue weighted by atomic mass is 32.2. The van der Waals surface area contributed by atoms with Gasteiger partial charge in [0.15, 0.2) is 0 Å². The molecule has 0 fully saturated rings. The molecule has 9 heteroatoms. The number of hydrogen-bond acceptors (Lipinski definition) is 5. The van der Waals surface area contributed by atoms with E-state index in [1.165, 1.54) is 17.4 Å². The van der Waals surface area contributed by atoms with Crippen LogP contribution in [0.25, 0.3) is 0 Å². The van der Waals surface area contributed by atoms with Crippen molar-refractivity contribution in [3.8, 4) is 0 Å². The topological polar surface area (TPSA) is 95.6 Å². The molecule has 4 rings (SSSR count). The maximum atomic E-state index is 13.3. The van der Waals surface area contributed by atoms with E-state index in [9.17, 15) is 18.0 Å². The number of nitrogens with one attached hydrogen (secondary N) is 2. The minimum absolute atomic E-state index is 0.0105. The molecule has 1 aromatic heterocycles. The summed E-state index contributed by atoms with van der Waals surface area (Å²) in [6.07, 6.45) is 0.638. The number of sulfonamides is 1. The minimum atomic E-state index is -3.82. The Balaban J connectivity index is 1.54. The van der Waals surface area contributed by atoms with Crippen molar-refractivity contribution in [3.05, 3.63) is 81.5 Å². The van der Waals surface area contributed by atoms with Gasteiger partial charge < -0.3 is 10.6 Å². The van der Waals surface area contributed by atoms with Crippen LogP contribution in [0.2, 0.25) is 0 Å². The van der Waals surface area contributed by atoms with Crippen LogP contribution in [0.5, 0.6) is 0 Å². The summed E-state index contributed by atoms with van der Waals surface area (Å²) in [7, 11) is -2.28. The molecule has 0 unspecified atom stereocenters. The zero-order valence-corrected chi connectivity index (χ0v) is 18.4. The second kappa shape index (κ2) is 8.62.